The van der Waals surface area contributed by atoms with Crippen LogP contribution in [-0.4, -0.2) is 30.1 Å². The molecule has 7 nitrogen and oxygen atoms in total. The molecule has 1 rings (SSSR count). The first-order valence-electron chi connectivity index (χ1n) is 6.97. The Kier molecular flexibility index (Phi) is 6.49. The van der Waals surface area contributed by atoms with Crippen molar-refractivity contribution in [1.82, 2.24) is 0 Å². The number of rotatable bonds is 7. The molecule has 0 saturated carbocycles. The molecule has 0 fully saturated rings. The zero-order valence-corrected chi connectivity index (χ0v) is 12.8. The van der Waals surface area contributed by atoms with Gasteiger partial charge in [0.25, 0.3) is 5.69 Å². The van der Waals surface area contributed by atoms with Crippen LogP contribution in [0.3, 0.4) is 0 Å². The lowest BCUT2D eigenvalue weighted by Crippen LogP contribution is -2.30. The number of nitro benzene ring substituents is 1. The predicted octanol–water partition coefficient (Wildman–Crippen LogP) is 2.19. The van der Waals surface area contributed by atoms with Gasteiger partial charge in [-0.25, -0.2) is 0 Å². The minimum Gasteiger partial charge on any atom is -0.465 e. The molecule has 22 heavy (non-hydrogen) atoms. The minimum atomic E-state index is -1.21. The smallest absolute Gasteiger partial charge is 0.320 e. The van der Waals surface area contributed by atoms with E-state index in [1.165, 1.54) is 6.07 Å². The molecule has 0 spiro atoms. The van der Waals surface area contributed by atoms with Crippen LogP contribution in [0.4, 0.5) is 5.69 Å². The molecule has 0 bridgehead atoms. The number of hydrogen-bond acceptors (Lipinski definition) is 6. The van der Waals surface area contributed by atoms with E-state index in [-0.39, 0.29) is 25.3 Å². The monoisotopic (exact) mass is 309 g/mol. The highest BCUT2D eigenvalue weighted by Gasteiger charge is 2.32. The minimum absolute atomic E-state index is 0.116. The van der Waals surface area contributed by atoms with Gasteiger partial charge >= 0.3 is 11.9 Å². The zero-order chi connectivity index (χ0) is 16.7. The van der Waals surface area contributed by atoms with Crippen LogP contribution in [0.5, 0.6) is 0 Å². The second-order valence-corrected chi connectivity index (χ2v) is 4.65. The highest BCUT2D eigenvalue weighted by atomic mass is 16.6. The van der Waals surface area contributed by atoms with Crippen molar-refractivity contribution < 1.29 is 24.0 Å². The van der Waals surface area contributed by atoms with Crippen LogP contribution in [0.1, 0.15) is 25.0 Å². The van der Waals surface area contributed by atoms with Gasteiger partial charge in [0.1, 0.15) is 0 Å². The summed E-state index contributed by atoms with van der Waals surface area (Å²) in [5.41, 5.74) is 0.965. The van der Waals surface area contributed by atoms with E-state index in [9.17, 15) is 19.7 Å². The van der Waals surface area contributed by atoms with E-state index in [4.69, 9.17) is 9.47 Å². The molecular weight excluding hydrogens is 290 g/mol. The summed E-state index contributed by atoms with van der Waals surface area (Å²) < 4.78 is 9.73. The average molecular weight is 309 g/mol. The predicted molar refractivity (Wildman–Crippen MR) is 78.3 cm³/mol. The maximum atomic E-state index is 11.9. The Bertz CT molecular complexity index is 551. The first-order valence-corrected chi connectivity index (χ1v) is 6.97. The van der Waals surface area contributed by atoms with Crippen LogP contribution in [0, 0.1) is 23.0 Å². The number of carbonyl (C=O) groups excluding carboxylic acids is 2. The van der Waals surface area contributed by atoms with Gasteiger partial charge in [0.2, 0.25) is 0 Å². The molecule has 0 saturated heterocycles. The van der Waals surface area contributed by atoms with Crippen LogP contribution in [0.25, 0.3) is 0 Å². The number of ether oxygens (including phenoxy) is 2. The topological polar surface area (TPSA) is 95.7 Å². The molecule has 0 radical (unpaired) electrons. The molecule has 0 heterocycles. The SMILES string of the molecule is CCOC(=O)C(Cc1cc(C)ccc1[N+](=O)[O-])C(=O)OCC. The summed E-state index contributed by atoms with van der Waals surface area (Å²) in [6.07, 6.45) is -0.129. The first-order chi connectivity index (χ1) is 10.4. The van der Waals surface area contributed by atoms with Crippen molar-refractivity contribution in [2.45, 2.75) is 27.2 Å². The molecular formula is C15H19NO6. The van der Waals surface area contributed by atoms with Gasteiger partial charge in [-0.15, -0.1) is 0 Å². The molecule has 0 aliphatic rings. The summed E-state index contributed by atoms with van der Waals surface area (Å²) in [6.45, 7) is 5.25. The Morgan fingerprint density at radius 1 is 1.18 bits per heavy atom. The number of carbonyl (C=O) groups is 2. The summed E-state index contributed by atoms with van der Waals surface area (Å²) in [7, 11) is 0. The van der Waals surface area contributed by atoms with E-state index < -0.39 is 22.8 Å². The van der Waals surface area contributed by atoms with Crippen LogP contribution >= 0.6 is 0 Å². The molecule has 0 aliphatic carbocycles. The third kappa shape index (κ3) is 4.54. The Morgan fingerprint density at radius 3 is 2.18 bits per heavy atom. The van der Waals surface area contributed by atoms with E-state index in [0.717, 1.165) is 5.56 Å². The van der Waals surface area contributed by atoms with E-state index in [1.54, 1.807) is 32.9 Å². The average Bonchev–Trinajstić information content (AvgIpc) is 2.44. The fraction of sp³-hybridized carbons (Fsp3) is 0.467. The third-order valence-corrected chi connectivity index (χ3v) is 3.00. The van der Waals surface area contributed by atoms with Crippen molar-refractivity contribution in [3.05, 3.63) is 39.4 Å². The van der Waals surface area contributed by atoms with Gasteiger partial charge in [0.15, 0.2) is 5.92 Å². The molecule has 0 aromatic heterocycles. The normalized spacial score (nSPS) is 10.4. The third-order valence-electron chi connectivity index (χ3n) is 3.00. The summed E-state index contributed by atoms with van der Waals surface area (Å²) in [5.74, 6) is -2.69. The van der Waals surface area contributed by atoms with Gasteiger partial charge in [-0.1, -0.05) is 11.6 Å². The van der Waals surface area contributed by atoms with Gasteiger partial charge in [-0.05, 0) is 26.8 Å². The Balaban J connectivity index is 3.13. The fourth-order valence-electron chi connectivity index (χ4n) is 2.02. The standard InChI is InChI=1S/C15H19NO6/c1-4-21-14(17)12(15(18)22-5-2)9-11-8-10(3)6-7-13(11)16(19)20/h6-8,12H,4-5,9H2,1-3H3. The highest BCUT2D eigenvalue weighted by Crippen LogP contribution is 2.24. The quantitative estimate of drug-likeness (QED) is 0.331. The van der Waals surface area contributed by atoms with E-state index >= 15 is 0 Å². The lowest BCUT2D eigenvalue weighted by Gasteiger charge is -2.14. The van der Waals surface area contributed by atoms with Crippen LogP contribution in [0.2, 0.25) is 0 Å². The van der Waals surface area contributed by atoms with Gasteiger partial charge in [-0.3, -0.25) is 19.7 Å². The lowest BCUT2D eigenvalue weighted by molar-refractivity contribution is -0.385. The number of nitrogens with zero attached hydrogens (tertiary/aromatic N) is 1. The van der Waals surface area contributed by atoms with Gasteiger partial charge in [0.05, 0.1) is 18.1 Å². The number of esters is 2. The molecule has 1 aromatic rings. The van der Waals surface area contributed by atoms with E-state index in [0.29, 0.717) is 5.56 Å². The van der Waals surface area contributed by atoms with Crippen molar-refractivity contribution in [1.29, 1.82) is 0 Å². The van der Waals surface area contributed by atoms with Gasteiger partial charge < -0.3 is 9.47 Å². The molecule has 0 aliphatic heterocycles. The van der Waals surface area contributed by atoms with E-state index in [2.05, 4.69) is 0 Å². The summed E-state index contributed by atoms with van der Waals surface area (Å²) in [6, 6.07) is 4.55. The summed E-state index contributed by atoms with van der Waals surface area (Å²) >= 11 is 0. The fourth-order valence-corrected chi connectivity index (χ4v) is 2.02. The van der Waals surface area contributed by atoms with Crippen molar-refractivity contribution in [2.24, 2.45) is 5.92 Å². The number of aryl methyl sites for hydroxylation is 1. The zero-order valence-electron chi connectivity index (χ0n) is 12.8. The molecule has 0 atom stereocenters. The Morgan fingerprint density at radius 2 is 1.73 bits per heavy atom. The van der Waals surface area contributed by atoms with Crippen molar-refractivity contribution in [3.8, 4) is 0 Å². The van der Waals surface area contributed by atoms with Crippen molar-refractivity contribution in [2.75, 3.05) is 13.2 Å². The van der Waals surface area contributed by atoms with E-state index in [1.807, 2.05) is 0 Å². The maximum Gasteiger partial charge on any atom is 0.320 e. The largest absolute Gasteiger partial charge is 0.465 e. The maximum absolute atomic E-state index is 11.9. The van der Waals surface area contributed by atoms with Crippen molar-refractivity contribution >= 4 is 17.6 Å². The first kappa shape index (κ1) is 17.6. The van der Waals surface area contributed by atoms with Gasteiger partial charge in [0, 0.05) is 18.1 Å². The Labute approximate surface area is 128 Å². The highest BCUT2D eigenvalue weighted by molar-refractivity contribution is 5.95. The summed E-state index contributed by atoms with van der Waals surface area (Å²) in [5, 5.41) is 11.1. The molecule has 0 unspecified atom stereocenters. The molecule has 0 amide bonds. The molecule has 1 aromatic carbocycles. The number of hydrogen-bond donors (Lipinski definition) is 0. The number of nitro groups is 1. The molecule has 0 N–H and O–H groups in total. The van der Waals surface area contributed by atoms with Crippen LogP contribution in [-0.2, 0) is 25.5 Å². The second-order valence-electron chi connectivity index (χ2n) is 4.65. The van der Waals surface area contributed by atoms with Crippen LogP contribution in [0.15, 0.2) is 18.2 Å². The van der Waals surface area contributed by atoms with Gasteiger partial charge in [-0.2, -0.15) is 0 Å². The lowest BCUT2D eigenvalue weighted by atomic mass is 9.96. The Hall–Kier alpha value is -2.44. The second kappa shape index (κ2) is 8.11. The summed E-state index contributed by atoms with van der Waals surface area (Å²) in [4.78, 5) is 34.4. The number of benzene rings is 1. The van der Waals surface area contributed by atoms with Crippen LogP contribution < -0.4 is 0 Å². The molecule has 120 valence electrons. The molecule has 7 heteroatoms. The van der Waals surface area contributed by atoms with Crippen molar-refractivity contribution in [3.63, 3.8) is 0 Å².